The summed E-state index contributed by atoms with van der Waals surface area (Å²) < 4.78 is 0. The Balaban J connectivity index is 1.17. The molecule has 0 bridgehead atoms. The average molecular weight is 540 g/mol. The van der Waals surface area contributed by atoms with E-state index in [1.54, 1.807) is 0 Å². The van der Waals surface area contributed by atoms with Crippen LogP contribution in [0.4, 0.5) is 0 Å². The van der Waals surface area contributed by atoms with E-state index in [0.717, 1.165) is 43.2 Å². The van der Waals surface area contributed by atoms with Crippen LogP contribution in [0.1, 0.15) is 95.7 Å². The van der Waals surface area contributed by atoms with Gasteiger partial charge in [-0.05, 0) is 83.7 Å². The molecule has 4 saturated carbocycles. The molecule has 1 amide bonds. The first-order chi connectivity index (χ1) is 19.2. The van der Waals surface area contributed by atoms with Crippen molar-refractivity contribution in [2.45, 2.75) is 84.6 Å². The lowest BCUT2D eigenvalue weighted by Crippen LogP contribution is -2.57. The lowest BCUT2D eigenvalue weighted by molar-refractivity contribution is -0.159. The van der Waals surface area contributed by atoms with Crippen molar-refractivity contribution in [3.63, 3.8) is 0 Å². The molecule has 1 N–H and O–H groups in total. The SMILES string of the molecule is C[C@H](CC(=O)NC(c1ccccc1)c1ccccc1)[C@H]1CC[C@H]2[C@@H]3C(=O)C[C@@H]4CC(=O)CC[C@]4(C)[C@H]3CC[C@]12C. The Kier molecular flexibility index (Phi) is 7.25. The maximum atomic E-state index is 13.7. The summed E-state index contributed by atoms with van der Waals surface area (Å²) in [6.07, 6.45) is 7.77. The molecule has 4 aliphatic carbocycles. The molecule has 6 rings (SSSR count). The number of hydrogen-bond donors (Lipinski definition) is 1. The van der Waals surface area contributed by atoms with Crippen molar-refractivity contribution < 1.29 is 14.4 Å². The summed E-state index contributed by atoms with van der Waals surface area (Å²) >= 11 is 0. The van der Waals surface area contributed by atoms with E-state index in [-0.39, 0.29) is 40.5 Å². The van der Waals surface area contributed by atoms with Gasteiger partial charge in [-0.3, -0.25) is 14.4 Å². The minimum atomic E-state index is -0.166. The number of carbonyl (C=O) groups is 3. The lowest BCUT2D eigenvalue weighted by atomic mass is 9.44. The zero-order valence-corrected chi connectivity index (χ0v) is 24.4. The highest BCUT2D eigenvalue weighted by atomic mass is 16.2. The van der Waals surface area contributed by atoms with Gasteiger partial charge in [-0.15, -0.1) is 0 Å². The molecule has 212 valence electrons. The number of carbonyl (C=O) groups excluding carboxylic acids is 3. The van der Waals surface area contributed by atoms with Gasteiger partial charge in [0.15, 0.2) is 0 Å². The third-order valence-electron chi connectivity index (χ3n) is 12.1. The molecule has 0 spiro atoms. The maximum absolute atomic E-state index is 13.7. The van der Waals surface area contributed by atoms with E-state index < -0.39 is 0 Å². The van der Waals surface area contributed by atoms with E-state index in [2.05, 4.69) is 50.4 Å². The Morgan fingerprint density at radius 3 is 2.12 bits per heavy atom. The molecule has 40 heavy (non-hydrogen) atoms. The Labute approximate surface area is 239 Å². The molecule has 0 radical (unpaired) electrons. The number of Topliss-reactive ketones (excluding diaryl/α,β-unsaturated/α-hetero) is 2. The normalized spacial score (nSPS) is 36.0. The summed E-state index contributed by atoms with van der Waals surface area (Å²) in [6.45, 7) is 7.09. The van der Waals surface area contributed by atoms with E-state index >= 15 is 0 Å². The second-order valence-corrected chi connectivity index (χ2v) is 14.1. The van der Waals surface area contributed by atoms with Crippen LogP contribution in [0.2, 0.25) is 0 Å². The van der Waals surface area contributed by atoms with Crippen molar-refractivity contribution in [1.29, 1.82) is 0 Å². The molecule has 0 aromatic heterocycles. The van der Waals surface area contributed by atoms with Gasteiger partial charge in [0.05, 0.1) is 6.04 Å². The molecule has 0 aliphatic heterocycles. The van der Waals surface area contributed by atoms with Crippen LogP contribution in [-0.2, 0) is 14.4 Å². The third-order valence-corrected chi connectivity index (χ3v) is 12.1. The average Bonchev–Trinajstić information content (AvgIpc) is 3.31. The summed E-state index contributed by atoms with van der Waals surface area (Å²) in [5.74, 6) is 2.79. The Morgan fingerprint density at radius 2 is 1.48 bits per heavy atom. The number of benzene rings is 2. The second-order valence-electron chi connectivity index (χ2n) is 14.1. The van der Waals surface area contributed by atoms with E-state index in [1.807, 2.05) is 36.4 Å². The standard InChI is InChI=1S/C36H45NO3/c1-23(20-32(40)37-34(24-10-6-4-7-11-24)25-12-8-5-9-13-25)28-14-15-29-33-30(17-19-36(28,29)3)35(2)18-16-27(38)21-26(35)22-31(33)39/h4-13,23,26,28-30,33-34H,14-22H2,1-3H3,(H,37,40)/t23-,26+,28-,29+,30+,33+,35+,36-/m1/s1. The molecule has 8 atom stereocenters. The number of nitrogens with one attached hydrogen (secondary N) is 1. The van der Waals surface area contributed by atoms with Gasteiger partial charge in [0.2, 0.25) is 5.91 Å². The fourth-order valence-corrected chi connectivity index (χ4v) is 10.0. The molecule has 4 nitrogen and oxygen atoms in total. The van der Waals surface area contributed by atoms with Crippen LogP contribution in [0.5, 0.6) is 0 Å². The predicted octanol–water partition coefficient (Wildman–Crippen LogP) is 7.33. The Bertz CT molecular complexity index is 1220. The van der Waals surface area contributed by atoms with Crippen LogP contribution < -0.4 is 5.32 Å². The van der Waals surface area contributed by atoms with E-state index in [1.165, 1.54) is 0 Å². The fourth-order valence-electron chi connectivity index (χ4n) is 10.0. The van der Waals surface area contributed by atoms with E-state index in [9.17, 15) is 14.4 Å². The van der Waals surface area contributed by atoms with Crippen LogP contribution in [0.15, 0.2) is 60.7 Å². The van der Waals surface area contributed by atoms with Gasteiger partial charge in [-0.2, -0.15) is 0 Å². The predicted molar refractivity (Wildman–Crippen MR) is 157 cm³/mol. The lowest BCUT2D eigenvalue weighted by Gasteiger charge is -2.59. The van der Waals surface area contributed by atoms with Crippen molar-refractivity contribution in [2.24, 2.45) is 46.3 Å². The Hall–Kier alpha value is -2.75. The summed E-state index contributed by atoms with van der Waals surface area (Å²) in [7, 11) is 0. The molecule has 4 heteroatoms. The molecule has 4 aliphatic rings. The summed E-state index contributed by atoms with van der Waals surface area (Å²) in [6, 6.07) is 20.3. The molecular weight excluding hydrogens is 494 g/mol. The van der Waals surface area contributed by atoms with E-state index in [0.29, 0.717) is 55.0 Å². The second kappa shape index (κ2) is 10.6. The molecule has 0 unspecified atom stereocenters. The summed E-state index contributed by atoms with van der Waals surface area (Å²) in [5.41, 5.74) is 2.41. The van der Waals surface area contributed by atoms with Crippen LogP contribution in [0.25, 0.3) is 0 Å². The quantitative estimate of drug-likeness (QED) is 0.418. The van der Waals surface area contributed by atoms with Gasteiger partial charge < -0.3 is 5.32 Å². The number of amides is 1. The van der Waals surface area contributed by atoms with Crippen LogP contribution in [0.3, 0.4) is 0 Å². The van der Waals surface area contributed by atoms with Crippen molar-refractivity contribution in [1.82, 2.24) is 5.32 Å². The first-order valence-electron chi connectivity index (χ1n) is 15.6. The van der Waals surface area contributed by atoms with Crippen LogP contribution >= 0.6 is 0 Å². The van der Waals surface area contributed by atoms with Crippen molar-refractivity contribution >= 4 is 17.5 Å². The molecule has 0 heterocycles. The highest BCUT2D eigenvalue weighted by molar-refractivity contribution is 5.86. The topological polar surface area (TPSA) is 63.2 Å². The van der Waals surface area contributed by atoms with Crippen molar-refractivity contribution in [3.8, 4) is 0 Å². The number of hydrogen-bond acceptors (Lipinski definition) is 3. The fraction of sp³-hybridized carbons (Fsp3) is 0.583. The largest absolute Gasteiger partial charge is 0.345 e. The smallest absolute Gasteiger partial charge is 0.221 e. The summed E-state index contributed by atoms with van der Waals surface area (Å²) in [5, 5.41) is 3.36. The highest BCUT2D eigenvalue weighted by Gasteiger charge is 2.63. The molecule has 2 aromatic carbocycles. The van der Waals surface area contributed by atoms with Gasteiger partial charge >= 0.3 is 0 Å². The molecular formula is C36H45NO3. The van der Waals surface area contributed by atoms with Gasteiger partial charge in [-0.25, -0.2) is 0 Å². The van der Waals surface area contributed by atoms with Gasteiger partial charge in [0.25, 0.3) is 0 Å². The van der Waals surface area contributed by atoms with Gasteiger partial charge in [-0.1, -0.05) is 81.4 Å². The number of ketones is 2. The van der Waals surface area contributed by atoms with Crippen LogP contribution in [-0.4, -0.2) is 17.5 Å². The first kappa shape index (κ1) is 27.4. The zero-order valence-electron chi connectivity index (χ0n) is 24.4. The number of fused-ring (bicyclic) bond motifs is 5. The Morgan fingerprint density at radius 1 is 0.850 bits per heavy atom. The minimum absolute atomic E-state index is 0.0990. The molecule has 0 saturated heterocycles. The third kappa shape index (κ3) is 4.65. The highest BCUT2D eigenvalue weighted by Crippen LogP contribution is 2.67. The monoisotopic (exact) mass is 539 g/mol. The van der Waals surface area contributed by atoms with Gasteiger partial charge in [0, 0.05) is 31.6 Å². The van der Waals surface area contributed by atoms with Gasteiger partial charge in [0.1, 0.15) is 11.6 Å². The zero-order chi connectivity index (χ0) is 28.1. The maximum Gasteiger partial charge on any atom is 0.221 e. The minimum Gasteiger partial charge on any atom is -0.345 e. The van der Waals surface area contributed by atoms with Crippen molar-refractivity contribution in [3.05, 3.63) is 71.8 Å². The van der Waals surface area contributed by atoms with Crippen LogP contribution in [0, 0.1) is 46.3 Å². The summed E-state index contributed by atoms with van der Waals surface area (Å²) in [4.78, 5) is 39.5. The molecule has 4 fully saturated rings. The first-order valence-corrected chi connectivity index (χ1v) is 15.6. The molecule has 2 aromatic rings. The number of rotatable bonds is 6. The van der Waals surface area contributed by atoms with Crippen molar-refractivity contribution in [2.75, 3.05) is 0 Å². The van der Waals surface area contributed by atoms with E-state index in [4.69, 9.17) is 0 Å².